The van der Waals surface area contributed by atoms with Gasteiger partial charge >= 0.3 is 0 Å². The predicted molar refractivity (Wildman–Crippen MR) is 62.0 cm³/mol. The molecule has 2 N–H and O–H groups in total. The fraction of sp³-hybridized carbons (Fsp3) is 0.700. The van der Waals surface area contributed by atoms with Crippen LogP contribution < -0.4 is 5.32 Å². The number of carbonyl (C=O) groups is 1. The number of nitrogens with zero attached hydrogens (tertiary/aromatic N) is 2. The van der Waals surface area contributed by atoms with E-state index < -0.39 is 5.54 Å². The molecule has 0 spiro atoms. The molecule has 1 aliphatic heterocycles. The molecule has 0 aromatic carbocycles. The van der Waals surface area contributed by atoms with Gasteiger partial charge in [-0.2, -0.15) is 0 Å². The summed E-state index contributed by atoms with van der Waals surface area (Å²) in [6, 6.07) is 0. The van der Waals surface area contributed by atoms with Crippen LogP contribution in [-0.4, -0.2) is 46.0 Å². The minimum atomic E-state index is -0.564. The summed E-state index contributed by atoms with van der Waals surface area (Å²) in [4.78, 5) is 12.5. The SMILES string of the molecule is Cc1nnsc1C(=O)NC1(CO)CCOCC1. The summed E-state index contributed by atoms with van der Waals surface area (Å²) in [6.07, 6.45) is 1.25. The summed E-state index contributed by atoms with van der Waals surface area (Å²) < 4.78 is 8.97. The Morgan fingerprint density at radius 1 is 1.59 bits per heavy atom. The highest BCUT2D eigenvalue weighted by atomic mass is 32.1. The number of aryl methyl sites for hydroxylation is 1. The van der Waals surface area contributed by atoms with Gasteiger partial charge in [0.1, 0.15) is 4.88 Å². The number of aliphatic hydroxyl groups is 1. The fourth-order valence-electron chi connectivity index (χ4n) is 1.82. The monoisotopic (exact) mass is 257 g/mol. The molecule has 0 radical (unpaired) electrons. The quantitative estimate of drug-likeness (QED) is 0.803. The van der Waals surface area contributed by atoms with E-state index in [-0.39, 0.29) is 12.5 Å². The molecule has 17 heavy (non-hydrogen) atoms. The number of aromatic nitrogens is 2. The summed E-state index contributed by atoms with van der Waals surface area (Å²) >= 11 is 1.07. The largest absolute Gasteiger partial charge is 0.394 e. The molecule has 0 aliphatic carbocycles. The third-order valence-electron chi connectivity index (χ3n) is 2.99. The topological polar surface area (TPSA) is 84.3 Å². The van der Waals surface area contributed by atoms with Gasteiger partial charge in [-0.25, -0.2) is 0 Å². The molecule has 1 aromatic rings. The lowest BCUT2D eigenvalue weighted by atomic mass is 9.91. The maximum atomic E-state index is 12.0. The second kappa shape index (κ2) is 5.07. The van der Waals surface area contributed by atoms with Crippen molar-refractivity contribution in [3.63, 3.8) is 0 Å². The third-order valence-corrected chi connectivity index (χ3v) is 3.82. The van der Waals surface area contributed by atoms with E-state index in [4.69, 9.17) is 4.74 Å². The van der Waals surface area contributed by atoms with E-state index in [2.05, 4.69) is 14.9 Å². The first-order valence-electron chi connectivity index (χ1n) is 5.47. The van der Waals surface area contributed by atoms with E-state index in [0.717, 1.165) is 11.5 Å². The lowest BCUT2D eigenvalue weighted by molar-refractivity contribution is 0.0126. The molecule has 1 aromatic heterocycles. The zero-order valence-corrected chi connectivity index (χ0v) is 10.4. The van der Waals surface area contributed by atoms with Crippen LogP contribution in [0.3, 0.4) is 0 Å². The molecule has 6 nitrogen and oxygen atoms in total. The molecule has 0 unspecified atom stereocenters. The van der Waals surface area contributed by atoms with E-state index in [1.807, 2.05) is 0 Å². The highest BCUT2D eigenvalue weighted by molar-refractivity contribution is 7.08. The number of carbonyl (C=O) groups excluding carboxylic acids is 1. The summed E-state index contributed by atoms with van der Waals surface area (Å²) in [7, 11) is 0. The number of aliphatic hydroxyl groups excluding tert-OH is 1. The van der Waals surface area contributed by atoms with E-state index in [1.165, 1.54) is 0 Å². The maximum absolute atomic E-state index is 12.0. The summed E-state index contributed by atoms with van der Waals surface area (Å²) in [5.74, 6) is -0.214. The van der Waals surface area contributed by atoms with Gasteiger partial charge in [-0.15, -0.1) is 5.10 Å². The Balaban J connectivity index is 2.08. The van der Waals surface area contributed by atoms with Crippen molar-refractivity contribution in [1.29, 1.82) is 0 Å². The Morgan fingerprint density at radius 2 is 2.29 bits per heavy atom. The Labute approximate surface area is 103 Å². The Bertz CT molecular complexity index is 401. The van der Waals surface area contributed by atoms with Crippen LogP contribution in [0.25, 0.3) is 0 Å². The predicted octanol–water partition coefficient (Wildman–Crippen LogP) is 0.118. The molecule has 1 saturated heterocycles. The maximum Gasteiger partial charge on any atom is 0.265 e. The van der Waals surface area contributed by atoms with Crippen LogP contribution in [-0.2, 0) is 4.74 Å². The van der Waals surface area contributed by atoms with Gasteiger partial charge in [-0.3, -0.25) is 4.79 Å². The second-order valence-electron chi connectivity index (χ2n) is 4.19. The molecule has 1 aliphatic rings. The van der Waals surface area contributed by atoms with Crippen molar-refractivity contribution in [2.24, 2.45) is 0 Å². The molecule has 0 saturated carbocycles. The highest BCUT2D eigenvalue weighted by Crippen LogP contribution is 2.21. The fourth-order valence-corrected chi connectivity index (χ4v) is 2.37. The van der Waals surface area contributed by atoms with Gasteiger partial charge < -0.3 is 15.2 Å². The van der Waals surface area contributed by atoms with Crippen LogP contribution in [0.5, 0.6) is 0 Å². The number of nitrogens with one attached hydrogen (secondary N) is 1. The summed E-state index contributed by atoms with van der Waals surface area (Å²) in [5.41, 5.74) is 0.0545. The Hall–Kier alpha value is -1.05. The molecule has 1 amide bonds. The first kappa shape index (κ1) is 12.4. The summed E-state index contributed by atoms with van der Waals surface area (Å²) in [5, 5.41) is 16.1. The van der Waals surface area contributed by atoms with E-state index in [0.29, 0.717) is 36.6 Å². The van der Waals surface area contributed by atoms with Crippen molar-refractivity contribution in [2.45, 2.75) is 25.3 Å². The minimum Gasteiger partial charge on any atom is -0.394 e. The molecule has 0 bridgehead atoms. The molecule has 1 fully saturated rings. The van der Waals surface area contributed by atoms with Crippen molar-refractivity contribution in [2.75, 3.05) is 19.8 Å². The van der Waals surface area contributed by atoms with Crippen molar-refractivity contribution in [3.8, 4) is 0 Å². The van der Waals surface area contributed by atoms with E-state index >= 15 is 0 Å². The zero-order valence-electron chi connectivity index (χ0n) is 9.60. The first-order valence-corrected chi connectivity index (χ1v) is 6.24. The van der Waals surface area contributed by atoms with Crippen LogP contribution >= 0.6 is 11.5 Å². The van der Waals surface area contributed by atoms with Gasteiger partial charge in [0.15, 0.2) is 0 Å². The van der Waals surface area contributed by atoms with Crippen molar-refractivity contribution in [3.05, 3.63) is 10.6 Å². The van der Waals surface area contributed by atoms with E-state index in [1.54, 1.807) is 6.92 Å². The van der Waals surface area contributed by atoms with Gasteiger partial charge in [0, 0.05) is 13.2 Å². The first-order chi connectivity index (χ1) is 8.17. The van der Waals surface area contributed by atoms with Crippen molar-refractivity contribution < 1.29 is 14.6 Å². The van der Waals surface area contributed by atoms with Crippen LogP contribution in [0.15, 0.2) is 0 Å². The third kappa shape index (κ3) is 2.62. The second-order valence-corrected chi connectivity index (χ2v) is 4.95. The standard InChI is InChI=1S/C10H15N3O3S/c1-7-8(17-13-12-7)9(15)11-10(6-14)2-4-16-5-3-10/h14H,2-6H2,1H3,(H,11,15). The molecule has 2 heterocycles. The van der Waals surface area contributed by atoms with Crippen LogP contribution in [0.2, 0.25) is 0 Å². The van der Waals surface area contributed by atoms with Gasteiger partial charge in [-0.05, 0) is 31.3 Å². The van der Waals surface area contributed by atoms with Crippen LogP contribution in [0, 0.1) is 6.92 Å². The number of rotatable bonds is 3. The summed E-state index contributed by atoms with van der Waals surface area (Å²) in [6.45, 7) is 2.78. The van der Waals surface area contributed by atoms with Gasteiger partial charge in [0.05, 0.1) is 17.8 Å². The Kier molecular flexibility index (Phi) is 3.70. The van der Waals surface area contributed by atoms with E-state index in [9.17, 15) is 9.90 Å². The lowest BCUT2D eigenvalue weighted by Gasteiger charge is -2.36. The zero-order chi connectivity index (χ0) is 12.3. The smallest absolute Gasteiger partial charge is 0.265 e. The van der Waals surface area contributed by atoms with Gasteiger partial charge in [0.2, 0.25) is 0 Å². The Morgan fingerprint density at radius 3 is 2.82 bits per heavy atom. The van der Waals surface area contributed by atoms with Crippen molar-refractivity contribution in [1.82, 2.24) is 14.9 Å². The molecular formula is C10H15N3O3S. The molecular weight excluding hydrogens is 242 g/mol. The molecule has 94 valence electrons. The normalized spacial score (nSPS) is 18.9. The molecule has 2 rings (SSSR count). The van der Waals surface area contributed by atoms with Crippen LogP contribution in [0.1, 0.15) is 28.2 Å². The molecule has 0 atom stereocenters. The minimum absolute atomic E-state index is 0.0760. The van der Waals surface area contributed by atoms with Crippen molar-refractivity contribution >= 4 is 17.4 Å². The highest BCUT2D eigenvalue weighted by Gasteiger charge is 2.34. The average Bonchev–Trinajstić information content (AvgIpc) is 2.77. The number of amides is 1. The number of hydrogen-bond acceptors (Lipinski definition) is 6. The average molecular weight is 257 g/mol. The number of ether oxygens (including phenoxy) is 1. The van der Waals surface area contributed by atoms with Crippen LogP contribution in [0.4, 0.5) is 0 Å². The van der Waals surface area contributed by atoms with Gasteiger partial charge in [-0.1, -0.05) is 4.49 Å². The lowest BCUT2D eigenvalue weighted by Crippen LogP contribution is -2.54. The molecule has 7 heteroatoms. The van der Waals surface area contributed by atoms with Gasteiger partial charge in [0.25, 0.3) is 5.91 Å². The number of hydrogen-bond donors (Lipinski definition) is 2.